The molecule has 0 aliphatic carbocycles. The Bertz CT molecular complexity index is 530. The molecule has 20 heavy (non-hydrogen) atoms. The Morgan fingerprint density at radius 2 is 1.65 bits per heavy atom. The molecule has 5 nitrogen and oxygen atoms in total. The summed E-state index contributed by atoms with van der Waals surface area (Å²) in [5.41, 5.74) is 2.38. The van der Waals surface area contributed by atoms with Crippen LogP contribution in [0.25, 0.3) is 0 Å². The van der Waals surface area contributed by atoms with Gasteiger partial charge in [-0.15, -0.1) is 11.6 Å². The summed E-state index contributed by atoms with van der Waals surface area (Å²) in [6.45, 7) is 0. The van der Waals surface area contributed by atoms with Gasteiger partial charge in [0.15, 0.2) is 0 Å². The van der Waals surface area contributed by atoms with Gasteiger partial charge in [-0.05, 0) is 18.1 Å². The van der Waals surface area contributed by atoms with E-state index in [0.717, 1.165) is 23.5 Å². The summed E-state index contributed by atoms with van der Waals surface area (Å²) < 4.78 is 14.6. The van der Waals surface area contributed by atoms with Crippen LogP contribution in [-0.4, -0.2) is 14.7 Å². The third-order valence-corrected chi connectivity index (χ3v) is 2.46. The van der Waals surface area contributed by atoms with E-state index in [9.17, 15) is 0 Å². The van der Waals surface area contributed by atoms with Crippen molar-refractivity contribution in [3.05, 3.63) is 59.7 Å². The third-order valence-electron chi connectivity index (χ3n) is 2.46. The minimum atomic E-state index is -4.64. The van der Waals surface area contributed by atoms with E-state index in [1.54, 1.807) is 0 Å². The molecule has 0 saturated carbocycles. The molecule has 0 unspecified atom stereocenters. The van der Waals surface area contributed by atoms with Crippen LogP contribution < -0.4 is 56.1 Å². The van der Waals surface area contributed by atoms with Gasteiger partial charge in [0.25, 0.3) is 0 Å². The van der Waals surface area contributed by atoms with Crippen LogP contribution in [0.15, 0.2) is 42.5 Å². The molecule has 0 saturated heterocycles. The van der Waals surface area contributed by atoms with Crippen molar-refractivity contribution in [1.82, 2.24) is 0 Å². The number of ether oxygens (including phenoxy) is 1. The molecule has 0 atom stereocenters. The number of phosphoric acid groups is 1. The number of fused-ring (bicyclic) bond motifs is 2. The summed E-state index contributed by atoms with van der Waals surface area (Å²) in [5.74, 6) is 1.91. The van der Waals surface area contributed by atoms with E-state index in [2.05, 4.69) is 12.1 Å². The summed E-state index contributed by atoms with van der Waals surface area (Å²) >= 11 is 0. The second kappa shape index (κ2) is 7.84. The van der Waals surface area contributed by atoms with Crippen LogP contribution in [0.3, 0.4) is 0 Å². The van der Waals surface area contributed by atoms with Gasteiger partial charge >= 0.3 is 59.2 Å². The van der Waals surface area contributed by atoms with Gasteiger partial charge < -0.3 is 19.4 Å². The van der Waals surface area contributed by atoms with E-state index in [0.29, 0.717) is 0 Å². The number of hydrogen-bond donors (Lipinski definition) is 3. The van der Waals surface area contributed by atoms with Gasteiger partial charge in [0.1, 0.15) is 5.75 Å². The van der Waals surface area contributed by atoms with Gasteiger partial charge in [0.05, 0.1) is 0 Å². The fourth-order valence-electron chi connectivity index (χ4n) is 1.75. The van der Waals surface area contributed by atoms with Crippen LogP contribution >= 0.6 is 7.82 Å². The molecule has 2 aromatic carbocycles. The second-order valence-corrected chi connectivity index (χ2v) is 4.94. The second-order valence-electron chi connectivity index (χ2n) is 3.91. The number of para-hydroxylation sites is 1. The zero-order valence-corrected chi connectivity index (χ0v) is 14.9. The average Bonchev–Trinajstić information content (AvgIpc) is 2.34. The Morgan fingerprint density at radius 3 is 2.35 bits per heavy atom. The van der Waals surface area contributed by atoms with Gasteiger partial charge in [0, 0.05) is 5.75 Å². The molecule has 0 bridgehead atoms. The van der Waals surface area contributed by atoms with E-state index in [-0.39, 0.29) is 51.4 Å². The van der Waals surface area contributed by atoms with E-state index in [4.69, 9.17) is 24.0 Å². The normalized spacial score (nSPS) is 11.8. The molecule has 0 radical (unpaired) electrons. The summed E-state index contributed by atoms with van der Waals surface area (Å²) in [7, 11) is -4.64. The molecule has 0 amide bonds. The Labute approximate surface area is 159 Å². The van der Waals surface area contributed by atoms with Crippen LogP contribution in [0, 0.1) is 6.07 Å². The smallest absolute Gasteiger partial charge is 0.516 e. The van der Waals surface area contributed by atoms with Crippen molar-refractivity contribution in [2.45, 2.75) is 6.42 Å². The maximum Gasteiger partial charge on any atom is 1.00 e. The minimum absolute atomic E-state index is 0. The Morgan fingerprint density at radius 1 is 1.05 bits per heavy atom. The van der Waals surface area contributed by atoms with E-state index >= 15 is 0 Å². The summed E-state index contributed by atoms with van der Waals surface area (Å²) in [6.07, 6.45) is 0.923. The van der Waals surface area contributed by atoms with Crippen LogP contribution in [0.2, 0.25) is 0 Å². The fourth-order valence-corrected chi connectivity index (χ4v) is 1.75. The molecule has 3 N–H and O–H groups in total. The predicted octanol–water partition coefficient (Wildman–Crippen LogP) is -0.741. The molecule has 0 spiro atoms. The van der Waals surface area contributed by atoms with Crippen LogP contribution in [0.5, 0.6) is 11.5 Å². The number of rotatable bonds is 0. The van der Waals surface area contributed by atoms with Gasteiger partial charge in [-0.3, -0.25) is 0 Å². The SMILES string of the molecule is O=P(O)(O)O.[K+].[c-]1cccc2c1Cc1ccccc1O2. The van der Waals surface area contributed by atoms with Gasteiger partial charge in [-0.2, -0.15) is 18.2 Å². The fraction of sp³-hybridized carbons (Fsp3) is 0.0769. The quantitative estimate of drug-likeness (QED) is 0.289. The summed E-state index contributed by atoms with van der Waals surface area (Å²) in [4.78, 5) is 21.6. The molecular formula is C13H12KO5P. The van der Waals surface area contributed by atoms with Crippen LogP contribution in [-0.2, 0) is 11.0 Å². The Hall–Kier alpha value is -0.0136. The van der Waals surface area contributed by atoms with Gasteiger partial charge in [-0.1, -0.05) is 18.2 Å². The minimum Gasteiger partial charge on any atom is -0.516 e. The van der Waals surface area contributed by atoms with Crippen molar-refractivity contribution >= 4 is 7.82 Å². The van der Waals surface area contributed by atoms with E-state index in [1.165, 1.54) is 5.56 Å². The first-order valence-electron chi connectivity index (χ1n) is 5.47. The molecule has 2 aromatic rings. The van der Waals surface area contributed by atoms with Crippen molar-refractivity contribution in [1.29, 1.82) is 0 Å². The molecular weight excluding hydrogens is 306 g/mol. The molecule has 0 fully saturated rings. The molecule has 3 rings (SSSR count). The van der Waals surface area contributed by atoms with E-state index in [1.807, 2.05) is 36.4 Å². The molecule has 100 valence electrons. The molecule has 1 aliphatic heterocycles. The first-order chi connectivity index (χ1) is 8.93. The van der Waals surface area contributed by atoms with Crippen molar-refractivity contribution in [3.63, 3.8) is 0 Å². The third kappa shape index (κ3) is 5.77. The zero-order chi connectivity index (χ0) is 13.9. The number of benzene rings is 2. The first-order valence-corrected chi connectivity index (χ1v) is 7.03. The number of hydrogen-bond acceptors (Lipinski definition) is 2. The molecule has 0 aromatic heterocycles. The van der Waals surface area contributed by atoms with Crippen LogP contribution in [0.4, 0.5) is 0 Å². The zero-order valence-electron chi connectivity index (χ0n) is 10.9. The first kappa shape index (κ1) is 18.0. The largest absolute Gasteiger partial charge is 1.00 e. The van der Waals surface area contributed by atoms with Crippen molar-refractivity contribution in [2.75, 3.05) is 0 Å². The topological polar surface area (TPSA) is 87.0 Å². The molecule has 1 aliphatic rings. The summed E-state index contributed by atoms with van der Waals surface area (Å²) in [6, 6.07) is 17.2. The van der Waals surface area contributed by atoms with Crippen molar-refractivity contribution < 1.29 is 75.4 Å². The standard InChI is InChI=1S/C13H9O.K.H3O4P/c1-3-7-12-10(5-1)9-11-6-2-4-8-13(11)14-12;;1-5(2,3)4/h1-5,7-8H,9H2;;(H3,1,2,3,4)/q-1;+1;. The maximum atomic E-state index is 8.88. The average molecular weight is 318 g/mol. The monoisotopic (exact) mass is 318 g/mol. The van der Waals surface area contributed by atoms with Gasteiger partial charge in [-0.25, -0.2) is 4.57 Å². The Kier molecular flexibility index (Phi) is 7.07. The Balaban J connectivity index is 0.000000293. The molecule has 7 heteroatoms. The molecule has 1 heterocycles. The summed E-state index contributed by atoms with van der Waals surface area (Å²) in [5, 5.41) is 0. The van der Waals surface area contributed by atoms with Crippen molar-refractivity contribution in [2.24, 2.45) is 0 Å². The maximum absolute atomic E-state index is 8.88. The van der Waals surface area contributed by atoms with Crippen LogP contribution in [0.1, 0.15) is 11.1 Å². The van der Waals surface area contributed by atoms with E-state index < -0.39 is 7.82 Å². The van der Waals surface area contributed by atoms with Crippen molar-refractivity contribution in [3.8, 4) is 11.5 Å². The van der Waals surface area contributed by atoms with Gasteiger partial charge in [0.2, 0.25) is 0 Å². The predicted molar refractivity (Wildman–Crippen MR) is 68.9 cm³/mol.